The summed E-state index contributed by atoms with van der Waals surface area (Å²) in [5, 5.41) is 3.67. The van der Waals surface area contributed by atoms with Gasteiger partial charge in [-0.15, -0.1) is 11.3 Å². The summed E-state index contributed by atoms with van der Waals surface area (Å²) in [6.07, 6.45) is -0.866. The van der Waals surface area contributed by atoms with E-state index in [1.54, 1.807) is 5.01 Å². The van der Waals surface area contributed by atoms with Crippen molar-refractivity contribution in [1.82, 2.24) is 9.58 Å². The van der Waals surface area contributed by atoms with E-state index >= 15 is 13.2 Å². The zero-order valence-corrected chi connectivity index (χ0v) is 25.7. The van der Waals surface area contributed by atoms with Gasteiger partial charge < -0.3 is 23.8 Å². The molecular formula is C33H26F3N3O7S. The van der Waals surface area contributed by atoms with E-state index in [0.717, 1.165) is 29.2 Å². The monoisotopic (exact) mass is 665 g/mol. The van der Waals surface area contributed by atoms with E-state index in [0.29, 0.717) is 16.7 Å². The third-order valence-electron chi connectivity index (χ3n) is 9.14. The van der Waals surface area contributed by atoms with Crippen molar-refractivity contribution < 1.29 is 41.7 Å². The molecule has 1 saturated heterocycles. The minimum Gasteiger partial charge on any atom is -0.451 e. The second kappa shape index (κ2) is 10.9. The Morgan fingerprint density at radius 3 is 2.77 bits per heavy atom. The van der Waals surface area contributed by atoms with Crippen LogP contribution in [-0.2, 0) is 26.6 Å². The van der Waals surface area contributed by atoms with Crippen LogP contribution in [0.25, 0.3) is 21.6 Å². The number of carbonyl (C=O) groups excluding carboxylic acids is 2. The average molecular weight is 666 g/mol. The number of halogens is 3. The maximum atomic E-state index is 16.0. The van der Waals surface area contributed by atoms with Gasteiger partial charge >= 0.3 is 6.16 Å². The Balaban J connectivity index is 1.42. The van der Waals surface area contributed by atoms with E-state index in [-0.39, 0.29) is 43.2 Å². The van der Waals surface area contributed by atoms with Crippen LogP contribution in [0.4, 0.5) is 18.0 Å². The predicted molar refractivity (Wildman–Crippen MR) is 163 cm³/mol. The topological polar surface area (TPSA) is 99.5 Å². The van der Waals surface area contributed by atoms with Crippen molar-refractivity contribution in [2.45, 2.75) is 31.0 Å². The minimum absolute atomic E-state index is 0.0597. The van der Waals surface area contributed by atoms with Crippen molar-refractivity contribution >= 4 is 23.4 Å². The fraction of sp³-hybridized carbons (Fsp3) is 0.303. The number of nitrogens with zero attached hydrogens (tertiary/aromatic N) is 3. The maximum Gasteiger partial charge on any atom is 0.510 e. The zero-order chi connectivity index (χ0) is 32.6. The molecule has 2 aliphatic heterocycles. The van der Waals surface area contributed by atoms with E-state index in [9.17, 15) is 14.4 Å². The molecule has 47 heavy (non-hydrogen) atoms. The number of aromatic nitrogens is 1. The van der Waals surface area contributed by atoms with Gasteiger partial charge in [0.15, 0.2) is 5.69 Å². The van der Waals surface area contributed by atoms with Crippen molar-refractivity contribution in [1.29, 1.82) is 0 Å². The highest BCUT2D eigenvalue weighted by molar-refractivity contribution is 7.14. The molecular weight excluding hydrogens is 639 g/mol. The molecule has 2 aromatic heterocycles. The summed E-state index contributed by atoms with van der Waals surface area (Å²) in [7, 11) is 1.11. The first-order valence-electron chi connectivity index (χ1n) is 14.9. The number of carbonyl (C=O) groups is 2. The van der Waals surface area contributed by atoms with E-state index in [4.69, 9.17) is 14.2 Å². The number of pyridine rings is 1. The van der Waals surface area contributed by atoms with Gasteiger partial charge in [-0.2, -0.15) is 0 Å². The second-order valence-electron chi connectivity index (χ2n) is 11.5. The van der Waals surface area contributed by atoms with Gasteiger partial charge in [0.2, 0.25) is 18.0 Å². The molecule has 1 fully saturated rings. The highest BCUT2D eigenvalue weighted by Gasteiger charge is 2.49. The van der Waals surface area contributed by atoms with E-state index < -0.39 is 60.2 Å². The van der Waals surface area contributed by atoms with Gasteiger partial charge in [0.1, 0.15) is 12.0 Å². The molecule has 14 heteroatoms. The number of thiophene rings is 1. The van der Waals surface area contributed by atoms with Crippen molar-refractivity contribution in [3.05, 3.63) is 98.0 Å². The lowest BCUT2D eigenvalue weighted by Crippen LogP contribution is -2.66. The Morgan fingerprint density at radius 2 is 1.94 bits per heavy atom. The number of benzene rings is 2. The molecule has 242 valence electrons. The fourth-order valence-electron chi connectivity index (χ4n) is 7.16. The first-order chi connectivity index (χ1) is 22.7. The van der Waals surface area contributed by atoms with Crippen molar-refractivity contribution in [2.24, 2.45) is 0 Å². The van der Waals surface area contributed by atoms with Gasteiger partial charge in [-0.05, 0) is 40.1 Å². The molecule has 0 radical (unpaired) electrons. The Kier molecular flexibility index (Phi) is 6.84. The van der Waals surface area contributed by atoms with Crippen LogP contribution in [0.3, 0.4) is 0 Å². The molecule has 0 saturated carbocycles. The molecule has 4 aliphatic rings. The van der Waals surface area contributed by atoms with Gasteiger partial charge in [0.05, 0.1) is 31.9 Å². The Bertz CT molecular complexity index is 2030. The molecule has 0 bridgehead atoms. The number of methoxy groups -OCH3 is 1. The van der Waals surface area contributed by atoms with Crippen molar-refractivity contribution in [3.63, 3.8) is 0 Å². The van der Waals surface area contributed by atoms with Gasteiger partial charge in [-0.25, -0.2) is 18.0 Å². The Hall–Kier alpha value is -4.82. The molecule has 10 nitrogen and oxygen atoms in total. The van der Waals surface area contributed by atoms with Gasteiger partial charge in [-0.3, -0.25) is 19.3 Å². The average Bonchev–Trinajstić information content (AvgIpc) is 3.40. The zero-order valence-electron chi connectivity index (χ0n) is 24.8. The lowest BCUT2D eigenvalue weighted by Gasteiger charge is -2.51. The number of ether oxygens (including phenoxy) is 4. The molecule has 2 aliphatic carbocycles. The molecule has 4 heterocycles. The first-order valence-corrected chi connectivity index (χ1v) is 15.8. The van der Waals surface area contributed by atoms with Crippen molar-refractivity contribution in [3.8, 4) is 27.3 Å². The first kappa shape index (κ1) is 29.6. The quantitative estimate of drug-likeness (QED) is 0.211. The Morgan fingerprint density at radius 1 is 1.11 bits per heavy atom. The van der Waals surface area contributed by atoms with E-state index in [2.05, 4.69) is 4.74 Å². The van der Waals surface area contributed by atoms with Gasteiger partial charge in [-0.1, -0.05) is 30.3 Å². The number of morpholine rings is 1. The smallest absolute Gasteiger partial charge is 0.451 e. The number of alkyl halides is 2. The van der Waals surface area contributed by atoms with E-state index in [1.807, 2.05) is 29.6 Å². The highest BCUT2D eigenvalue weighted by Crippen LogP contribution is 2.57. The SMILES string of the molecule is COC(=O)OCOc1c2n(ccc1=O)N([C@@H]1c3ccccc3-c3scc4c3-c3c1ccc(F)c3C(F)(F)CC4)[C@@H]1COCCN1C2=O. The van der Waals surface area contributed by atoms with Crippen LogP contribution in [0.15, 0.2) is 58.8 Å². The summed E-state index contributed by atoms with van der Waals surface area (Å²) in [4.78, 5) is 41.2. The summed E-state index contributed by atoms with van der Waals surface area (Å²) in [5.41, 5.74) is 1.90. The summed E-state index contributed by atoms with van der Waals surface area (Å²) < 4.78 is 69.9. The van der Waals surface area contributed by atoms with Crippen LogP contribution in [0.1, 0.15) is 45.2 Å². The normalized spacial score (nSPS) is 20.2. The van der Waals surface area contributed by atoms with Crippen LogP contribution < -0.4 is 15.2 Å². The van der Waals surface area contributed by atoms with Crippen LogP contribution in [-0.4, -0.2) is 61.5 Å². The van der Waals surface area contributed by atoms with Crippen LogP contribution >= 0.6 is 11.3 Å². The Labute approximate surface area is 269 Å². The molecule has 8 rings (SSSR count). The molecule has 0 spiro atoms. The molecule has 0 unspecified atom stereocenters. The molecule has 0 N–H and O–H groups in total. The van der Waals surface area contributed by atoms with Crippen molar-refractivity contribution in [2.75, 3.05) is 38.7 Å². The molecule has 1 amide bonds. The standard InChI is InChI=1S/C33H26F3N3O7S/c1-43-32(42)46-16-45-29-22(40)9-11-38-28(29)31(41)37-12-13-44-14-23(37)39(38)27-18-4-2-3-5-19(18)30-24-17(15-47-30)8-10-33(35,36)26-21(34)7-6-20(27)25(24)26/h2-7,9,11,15,23,27H,8,10,12-14,16H2,1H3/t23-,27-/m1/s1. The summed E-state index contributed by atoms with van der Waals surface area (Å²) in [5.74, 6) is -5.35. The molecule has 2 aromatic carbocycles. The lowest BCUT2D eigenvalue weighted by molar-refractivity contribution is -0.0209. The number of fused-ring (bicyclic) bond motifs is 4. The highest BCUT2D eigenvalue weighted by atomic mass is 32.1. The summed E-state index contributed by atoms with van der Waals surface area (Å²) >= 11 is 1.42. The van der Waals surface area contributed by atoms with Crippen LogP contribution in [0.5, 0.6) is 5.75 Å². The fourth-order valence-corrected chi connectivity index (χ4v) is 8.32. The number of aryl methyl sites for hydroxylation is 1. The lowest BCUT2D eigenvalue weighted by atomic mass is 9.87. The van der Waals surface area contributed by atoms with Crippen LogP contribution in [0, 0.1) is 5.82 Å². The largest absolute Gasteiger partial charge is 0.510 e. The predicted octanol–water partition coefficient (Wildman–Crippen LogP) is 5.39. The number of hydrogen-bond acceptors (Lipinski definition) is 9. The van der Waals surface area contributed by atoms with Gasteiger partial charge in [0, 0.05) is 41.2 Å². The third kappa shape index (κ3) is 4.38. The number of amides is 1. The summed E-state index contributed by atoms with van der Waals surface area (Å²) in [6.45, 7) is -0.278. The molecule has 4 aromatic rings. The minimum atomic E-state index is -3.45. The number of rotatable bonds is 4. The second-order valence-corrected chi connectivity index (χ2v) is 12.4. The van der Waals surface area contributed by atoms with E-state index in [1.165, 1.54) is 39.2 Å². The summed E-state index contributed by atoms with van der Waals surface area (Å²) in [6, 6.07) is 10.4. The maximum absolute atomic E-state index is 16.0. The molecule has 2 atom stereocenters. The third-order valence-corrected chi connectivity index (χ3v) is 10.2. The van der Waals surface area contributed by atoms with Crippen LogP contribution in [0.2, 0.25) is 0 Å². The number of hydrogen-bond donors (Lipinski definition) is 0. The van der Waals surface area contributed by atoms with Gasteiger partial charge in [0.25, 0.3) is 11.8 Å².